The van der Waals surface area contributed by atoms with Crippen LogP contribution in [0.4, 0.5) is 0 Å². The van der Waals surface area contributed by atoms with Crippen molar-refractivity contribution in [2.75, 3.05) is 5.75 Å². The molecule has 3 nitrogen and oxygen atoms in total. The number of thioether (sulfide) groups is 1. The topological polar surface area (TPSA) is 47.3 Å². The van der Waals surface area contributed by atoms with Gasteiger partial charge in [0.05, 0.1) is 12.1 Å². The van der Waals surface area contributed by atoms with Crippen molar-refractivity contribution in [3.8, 4) is 5.75 Å². The number of nitrogens with one attached hydrogen (secondary N) is 1. The quantitative estimate of drug-likeness (QED) is 0.635. The molecule has 0 bridgehead atoms. The van der Waals surface area contributed by atoms with E-state index in [0.717, 1.165) is 5.75 Å². The van der Waals surface area contributed by atoms with Gasteiger partial charge in [-0.05, 0) is 50.1 Å². The minimum atomic E-state index is 0.213. The monoisotopic (exact) mass is 266 g/mol. The number of rotatable bonds is 5. The molecule has 1 aromatic rings. The van der Waals surface area contributed by atoms with E-state index in [1.807, 2.05) is 37.7 Å². The molecule has 0 saturated carbocycles. The van der Waals surface area contributed by atoms with Crippen molar-refractivity contribution < 1.29 is 4.74 Å². The van der Waals surface area contributed by atoms with Gasteiger partial charge >= 0.3 is 0 Å². The van der Waals surface area contributed by atoms with Crippen molar-refractivity contribution in [1.29, 1.82) is 0 Å². The normalized spacial score (nSPS) is 21.2. The number of hydrogen-bond donors (Lipinski definition) is 2. The van der Waals surface area contributed by atoms with E-state index in [2.05, 4.69) is 17.6 Å². The van der Waals surface area contributed by atoms with Crippen LogP contribution in [0.3, 0.4) is 0 Å². The lowest BCUT2D eigenvalue weighted by Gasteiger charge is -2.22. The Balaban J connectivity index is 2.06. The first-order valence-electron chi connectivity index (χ1n) is 6.55. The molecule has 1 fully saturated rings. The second-order valence-corrected chi connectivity index (χ2v) is 6.28. The minimum Gasteiger partial charge on any atom is -0.491 e. The summed E-state index contributed by atoms with van der Waals surface area (Å²) in [5, 5.41) is 0.590. The largest absolute Gasteiger partial charge is 0.491 e. The molecule has 1 heterocycles. The lowest BCUT2D eigenvalue weighted by molar-refractivity contribution is 0.242. The summed E-state index contributed by atoms with van der Waals surface area (Å²) < 4.78 is 5.65. The fourth-order valence-corrected chi connectivity index (χ4v) is 3.71. The van der Waals surface area contributed by atoms with Crippen LogP contribution in [-0.2, 0) is 0 Å². The first-order valence-corrected chi connectivity index (χ1v) is 7.60. The van der Waals surface area contributed by atoms with Gasteiger partial charge in [0, 0.05) is 5.25 Å². The number of nitrogens with two attached hydrogens (primary N) is 1. The summed E-state index contributed by atoms with van der Waals surface area (Å²) in [4.78, 5) is 0. The van der Waals surface area contributed by atoms with Gasteiger partial charge in [-0.2, -0.15) is 11.8 Å². The van der Waals surface area contributed by atoms with E-state index in [4.69, 9.17) is 10.6 Å². The van der Waals surface area contributed by atoms with Crippen LogP contribution < -0.4 is 16.0 Å². The van der Waals surface area contributed by atoms with Gasteiger partial charge in [-0.3, -0.25) is 11.3 Å². The lowest BCUT2D eigenvalue weighted by atomic mass is 10.0. The van der Waals surface area contributed by atoms with E-state index >= 15 is 0 Å². The first kappa shape index (κ1) is 13.7. The summed E-state index contributed by atoms with van der Waals surface area (Å²) >= 11 is 2.01. The van der Waals surface area contributed by atoms with Crippen LogP contribution in [0.1, 0.15) is 38.3 Å². The molecule has 1 aliphatic rings. The molecular weight excluding hydrogens is 244 g/mol. The zero-order chi connectivity index (χ0) is 13.0. The van der Waals surface area contributed by atoms with Gasteiger partial charge in [0.2, 0.25) is 0 Å². The molecule has 1 aromatic carbocycles. The Hall–Kier alpha value is -0.710. The van der Waals surface area contributed by atoms with Gasteiger partial charge in [0.25, 0.3) is 0 Å². The smallest absolute Gasteiger partial charge is 0.119 e. The molecule has 0 amide bonds. The van der Waals surface area contributed by atoms with Gasteiger partial charge in [-0.25, -0.2) is 0 Å². The molecule has 3 N–H and O–H groups in total. The van der Waals surface area contributed by atoms with E-state index in [0.29, 0.717) is 5.25 Å². The SMILES string of the molecule is CC(C)Oc1ccc(C(NN)C2CCCS2)cc1. The Morgan fingerprint density at radius 1 is 1.33 bits per heavy atom. The highest BCUT2D eigenvalue weighted by Crippen LogP contribution is 2.35. The van der Waals surface area contributed by atoms with Crippen molar-refractivity contribution in [3.63, 3.8) is 0 Å². The predicted octanol–water partition coefficient (Wildman–Crippen LogP) is 2.87. The van der Waals surface area contributed by atoms with E-state index < -0.39 is 0 Å². The molecule has 1 aliphatic heterocycles. The molecule has 0 aromatic heterocycles. The standard InChI is InChI=1S/C14H22N2OS/c1-10(2)17-12-7-5-11(6-8-12)14(16-15)13-4-3-9-18-13/h5-8,10,13-14,16H,3-4,9,15H2,1-2H3. The van der Waals surface area contributed by atoms with Gasteiger partial charge in [0.1, 0.15) is 5.75 Å². The average Bonchev–Trinajstić information content (AvgIpc) is 2.85. The van der Waals surface area contributed by atoms with Crippen LogP contribution in [0, 0.1) is 0 Å². The van der Waals surface area contributed by atoms with Crippen LogP contribution in [-0.4, -0.2) is 17.1 Å². The molecule has 2 atom stereocenters. The van der Waals surface area contributed by atoms with E-state index in [9.17, 15) is 0 Å². The third-order valence-electron chi connectivity index (χ3n) is 3.13. The van der Waals surface area contributed by atoms with Crippen LogP contribution in [0.2, 0.25) is 0 Å². The molecular formula is C14H22N2OS. The van der Waals surface area contributed by atoms with Crippen molar-refractivity contribution in [1.82, 2.24) is 5.43 Å². The second kappa shape index (κ2) is 6.45. The summed E-state index contributed by atoms with van der Waals surface area (Å²) in [6, 6.07) is 8.52. The van der Waals surface area contributed by atoms with Gasteiger partial charge in [0.15, 0.2) is 0 Å². The summed E-state index contributed by atoms with van der Waals surface area (Å²) in [5.41, 5.74) is 4.20. The summed E-state index contributed by atoms with van der Waals surface area (Å²) in [7, 11) is 0. The number of ether oxygens (including phenoxy) is 1. The third-order valence-corrected chi connectivity index (χ3v) is 4.59. The van der Waals surface area contributed by atoms with Crippen molar-refractivity contribution in [2.45, 2.75) is 44.1 Å². The Morgan fingerprint density at radius 3 is 2.56 bits per heavy atom. The molecule has 2 rings (SSSR count). The molecule has 4 heteroatoms. The van der Waals surface area contributed by atoms with Crippen molar-refractivity contribution in [2.24, 2.45) is 5.84 Å². The molecule has 1 saturated heterocycles. The molecule has 2 unspecified atom stereocenters. The molecule has 18 heavy (non-hydrogen) atoms. The van der Waals surface area contributed by atoms with Crippen LogP contribution in [0.15, 0.2) is 24.3 Å². The van der Waals surface area contributed by atoms with Crippen molar-refractivity contribution in [3.05, 3.63) is 29.8 Å². The Morgan fingerprint density at radius 2 is 2.06 bits per heavy atom. The van der Waals surface area contributed by atoms with Crippen LogP contribution in [0.25, 0.3) is 0 Å². The molecule has 0 radical (unpaired) electrons. The lowest BCUT2D eigenvalue weighted by Crippen LogP contribution is -2.34. The molecule has 100 valence electrons. The maximum absolute atomic E-state index is 5.71. The highest BCUT2D eigenvalue weighted by atomic mass is 32.2. The summed E-state index contributed by atoms with van der Waals surface area (Å²) in [6.07, 6.45) is 2.75. The van der Waals surface area contributed by atoms with Crippen molar-refractivity contribution >= 4 is 11.8 Å². The summed E-state index contributed by atoms with van der Waals surface area (Å²) in [6.45, 7) is 4.07. The average molecular weight is 266 g/mol. The zero-order valence-corrected chi connectivity index (χ0v) is 11.9. The second-order valence-electron chi connectivity index (χ2n) is 4.93. The van der Waals surface area contributed by atoms with E-state index in [1.165, 1.54) is 24.2 Å². The summed E-state index contributed by atoms with van der Waals surface area (Å²) in [5.74, 6) is 7.88. The van der Waals surface area contributed by atoms with Crippen LogP contribution >= 0.6 is 11.8 Å². The maximum atomic E-state index is 5.71. The highest BCUT2D eigenvalue weighted by molar-refractivity contribution is 8.00. The minimum absolute atomic E-state index is 0.213. The van der Waals surface area contributed by atoms with E-state index in [1.54, 1.807) is 0 Å². The van der Waals surface area contributed by atoms with Crippen LogP contribution in [0.5, 0.6) is 5.75 Å². The highest BCUT2D eigenvalue weighted by Gasteiger charge is 2.25. The molecule has 0 aliphatic carbocycles. The Labute approximate surface area is 113 Å². The van der Waals surface area contributed by atoms with Gasteiger partial charge in [-0.15, -0.1) is 0 Å². The predicted molar refractivity (Wildman–Crippen MR) is 77.8 cm³/mol. The first-order chi connectivity index (χ1) is 8.70. The van der Waals surface area contributed by atoms with Gasteiger partial charge < -0.3 is 4.74 Å². The number of hydrazine groups is 1. The maximum Gasteiger partial charge on any atom is 0.119 e. The van der Waals surface area contributed by atoms with Gasteiger partial charge in [-0.1, -0.05) is 12.1 Å². The fraction of sp³-hybridized carbons (Fsp3) is 0.571. The third kappa shape index (κ3) is 3.40. The fourth-order valence-electron chi connectivity index (χ4n) is 2.31. The number of hydrogen-bond acceptors (Lipinski definition) is 4. The Kier molecular flexibility index (Phi) is 4.92. The van der Waals surface area contributed by atoms with E-state index in [-0.39, 0.29) is 12.1 Å². The Bertz CT molecular complexity index is 361. The molecule has 0 spiro atoms. The number of benzene rings is 1. The zero-order valence-electron chi connectivity index (χ0n) is 11.1.